The van der Waals surface area contributed by atoms with Crippen molar-refractivity contribution < 1.29 is 0 Å². The SMILES string of the molecule is C=CCc1ccc(CCNc2ccc(C(c3ccc(N(C)C)cc3)c3ccc(N(C)C)cc3)c3ccccc23)cc1. The standard InChI is InChI=1S/C38H41N3/c1-6-9-28-12-14-29(15-13-28)26-27-39-37-25-24-36(34-10-7-8-11-35(34)37)38(30-16-20-32(21-17-30)40(2)3)31-18-22-33(23-19-31)41(4)5/h6-8,10-25,38-39H,1,9,26-27H2,2-5H3. The second-order valence-corrected chi connectivity index (χ2v) is 11.1. The molecule has 0 unspecified atom stereocenters. The zero-order valence-corrected chi connectivity index (χ0v) is 24.8. The van der Waals surface area contributed by atoms with Crippen molar-refractivity contribution in [3.05, 3.63) is 150 Å². The van der Waals surface area contributed by atoms with Crippen LogP contribution in [-0.2, 0) is 12.8 Å². The molecule has 0 aliphatic rings. The van der Waals surface area contributed by atoms with Crippen molar-refractivity contribution in [1.29, 1.82) is 0 Å². The Morgan fingerprint density at radius 3 is 1.71 bits per heavy atom. The van der Waals surface area contributed by atoms with Gasteiger partial charge in [-0.25, -0.2) is 0 Å². The van der Waals surface area contributed by atoms with Crippen molar-refractivity contribution in [2.75, 3.05) is 49.9 Å². The molecular formula is C38H41N3. The Morgan fingerprint density at radius 2 is 1.17 bits per heavy atom. The van der Waals surface area contributed by atoms with Crippen LogP contribution in [0, 0.1) is 0 Å². The van der Waals surface area contributed by atoms with Gasteiger partial charge in [-0.2, -0.15) is 0 Å². The summed E-state index contributed by atoms with van der Waals surface area (Å²) in [6.07, 6.45) is 3.84. The van der Waals surface area contributed by atoms with Crippen LogP contribution in [0.3, 0.4) is 0 Å². The number of nitrogens with zero attached hydrogens (tertiary/aromatic N) is 2. The Labute approximate surface area is 245 Å². The number of rotatable bonds is 11. The molecule has 3 heteroatoms. The predicted octanol–water partition coefficient (Wildman–Crippen LogP) is 8.54. The molecule has 41 heavy (non-hydrogen) atoms. The number of fused-ring (bicyclic) bond motifs is 1. The predicted molar refractivity (Wildman–Crippen MR) is 179 cm³/mol. The molecular weight excluding hydrogens is 498 g/mol. The quantitative estimate of drug-likeness (QED) is 0.134. The molecule has 3 nitrogen and oxygen atoms in total. The van der Waals surface area contributed by atoms with E-state index in [0.29, 0.717) is 0 Å². The summed E-state index contributed by atoms with van der Waals surface area (Å²) in [6, 6.07) is 40.3. The van der Waals surface area contributed by atoms with Crippen molar-refractivity contribution >= 4 is 27.8 Å². The molecule has 5 aromatic rings. The van der Waals surface area contributed by atoms with Crippen molar-refractivity contribution in [3.63, 3.8) is 0 Å². The first-order valence-corrected chi connectivity index (χ1v) is 14.4. The summed E-state index contributed by atoms with van der Waals surface area (Å²) in [5, 5.41) is 6.27. The lowest BCUT2D eigenvalue weighted by Gasteiger charge is -2.24. The van der Waals surface area contributed by atoms with Crippen LogP contribution in [0.1, 0.15) is 33.7 Å². The molecule has 5 rings (SSSR count). The smallest absolute Gasteiger partial charge is 0.0420 e. The first kappa shape index (κ1) is 28.0. The molecule has 0 radical (unpaired) electrons. The van der Waals surface area contributed by atoms with Gasteiger partial charge in [-0.3, -0.25) is 0 Å². The Morgan fingerprint density at radius 1 is 0.634 bits per heavy atom. The van der Waals surface area contributed by atoms with Crippen molar-refractivity contribution in [2.45, 2.75) is 18.8 Å². The first-order valence-electron chi connectivity index (χ1n) is 14.4. The molecule has 0 aromatic heterocycles. The van der Waals surface area contributed by atoms with E-state index in [4.69, 9.17) is 0 Å². The maximum atomic E-state index is 3.84. The molecule has 0 atom stereocenters. The molecule has 0 aliphatic carbocycles. The Balaban J connectivity index is 1.48. The fraction of sp³-hybridized carbons (Fsp3) is 0.211. The number of allylic oxidation sites excluding steroid dienone is 1. The van der Waals surface area contributed by atoms with Gasteiger partial charge >= 0.3 is 0 Å². The van der Waals surface area contributed by atoms with E-state index in [1.165, 1.54) is 55.7 Å². The van der Waals surface area contributed by atoms with Gasteiger partial charge in [0.25, 0.3) is 0 Å². The van der Waals surface area contributed by atoms with Gasteiger partial charge in [0.05, 0.1) is 0 Å². The van der Waals surface area contributed by atoms with E-state index in [1.54, 1.807) is 0 Å². The molecule has 208 valence electrons. The zero-order chi connectivity index (χ0) is 28.8. The van der Waals surface area contributed by atoms with Gasteiger partial charge in [0.2, 0.25) is 0 Å². The van der Waals surface area contributed by atoms with Crippen LogP contribution in [0.4, 0.5) is 17.1 Å². The van der Waals surface area contributed by atoms with Crippen LogP contribution < -0.4 is 15.1 Å². The minimum atomic E-state index is 0.121. The molecule has 0 fully saturated rings. The van der Waals surface area contributed by atoms with Crippen LogP contribution in [-0.4, -0.2) is 34.7 Å². The number of benzene rings is 5. The van der Waals surface area contributed by atoms with E-state index in [1.807, 2.05) is 6.08 Å². The van der Waals surface area contributed by atoms with E-state index in [2.05, 4.69) is 159 Å². The molecule has 1 N–H and O–H groups in total. The number of hydrogen-bond donors (Lipinski definition) is 1. The van der Waals surface area contributed by atoms with Crippen LogP contribution >= 0.6 is 0 Å². The summed E-state index contributed by atoms with van der Waals surface area (Å²) in [7, 11) is 8.35. The summed E-state index contributed by atoms with van der Waals surface area (Å²) in [6.45, 7) is 4.72. The average Bonchev–Trinajstić information content (AvgIpc) is 2.99. The highest BCUT2D eigenvalue weighted by Crippen LogP contribution is 2.39. The summed E-state index contributed by atoms with van der Waals surface area (Å²) in [5.41, 5.74) is 10.1. The molecule has 0 heterocycles. The number of nitrogens with one attached hydrogen (secondary N) is 1. The van der Waals surface area contributed by atoms with Gasteiger partial charge in [-0.05, 0) is 76.4 Å². The number of hydrogen-bond acceptors (Lipinski definition) is 3. The van der Waals surface area contributed by atoms with Crippen LogP contribution in [0.25, 0.3) is 10.8 Å². The second-order valence-electron chi connectivity index (χ2n) is 11.1. The maximum absolute atomic E-state index is 3.84. The van der Waals surface area contributed by atoms with Crippen molar-refractivity contribution in [2.24, 2.45) is 0 Å². The van der Waals surface area contributed by atoms with Crippen LogP contribution in [0.15, 0.2) is 122 Å². The zero-order valence-electron chi connectivity index (χ0n) is 24.8. The van der Waals surface area contributed by atoms with E-state index < -0.39 is 0 Å². The summed E-state index contributed by atoms with van der Waals surface area (Å²) in [5.74, 6) is 0.121. The second kappa shape index (κ2) is 12.8. The van der Waals surface area contributed by atoms with Gasteiger partial charge in [0.15, 0.2) is 0 Å². The molecule has 0 amide bonds. The lowest BCUT2D eigenvalue weighted by Crippen LogP contribution is -2.11. The maximum Gasteiger partial charge on any atom is 0.0420 e. The monoisotopic (exact) mass is 539 g/mol. The molecule has 0 saturated heterocycles. The highest BCUT2D eigenvalue weighted by atomic mass is 15.1. The summed E-state index contributed by atoms with van der Waals surface area (Å²) in [4.78, 5) is 4.30. The first-order chi connectivity index (χ1) is 19.9. The minimum Gasteiger partial charge on any atom is -0.384 e. The molecule has 0 bridgehead atoms. The van der Waals surface area contributed by atoms with Crippen molar-refractivity contribution in [3.8, 4) is 0 Å². The minimum absolute atomic E-state index is 0.121. The summed E-state index contributed by atoms with van der Waals surface area (Å²) < 4.78 is 0. The average molecular weight is 540 g/mol. The third-order valence-electron chi connectivity index (χ3n) is 7.89. The number of anilines is 3. The Bertz CT molecular complexity index is 1530. The van der Waals surface area contributed by atoms with E-state index >= 15 is 0 Å². The van der Waals surface area contributed by atoms with Crippen LogP contribution in [0.2, 0.25) is 0 Å². The molecule has 0 aliphatic heterocycles. The van der Waals surface area contributed by atoms with Gasteiger partial charge in [0.1, 0.15) is 0 Å². The lowest BCUT2D eigenvalue weighted by molar-refractivity contribution is 0.982. The topological polar surface area (TPSA) is 18.5 Å². The molecule has 0 saturated carbocycles. The molecule has 0 spiro atoms. The van der Waals surface area contributed by atoms with Gasteiger partial charge in [-0.15, -0.1) is 6.58 Å². The third kappa shape index (κ3) is 6.47. The fourth-order valence-corrected chi connectivity index (χ4v) is 5.56. The molecule has 5 aromatic carbocycles. The third-order valence-corrected chi connectivity index (χ3v) is 7.89. The van der Waals surface area contributed by atoms with Crippen molar-refractivity contribution in [1.82, 2.24) is 0 Å². The fourth-order valence-electron chi connectivity index (χ4n) is 5.56. The van der Waals surface area contributed by atoms with Gasteiger partial charge < -0.3 is 15.1 Å². The van der Waals surface area contributed by atoms with Crippen LogP contribution in [0.5, 0.6) is 0 Å². The van der Waals surface area contributed by atoms with E-state index in [9.17, 15) is 0 Å². The largest absolute Gasteiger partial charge is 0.384 e. The Kier molecular flexibility index (Phi) is 8.74. The Hall–Kier alpha value is -4.50. The van der Waals surface area contributed by atoms with E-state index in [0.717, 1.165) is 19.4 Å². The van der Waals surface area contributed by atoms with E-state index in [-0.39, 0.29) is 5.92 Å². The lowest BCUT2D eigenvalue weighted by atomic mass is 9.82. The normalized spacial score (nSPS) is 11.0. The van der Waals surface area contributed by atoms with Gasteiger partial charge in [-0.1, -0.05) is 84.9 Å². The highest BCUT2D eigenvalue weighted by Gasteiger charge is 2.20. The summed E-state index contributed by atoms with van der Waals surface area (Å²) >= 11 is 0. The van der Waals surface area contributed by atoms with Gasteiger partial charge in [0, 0.05) is 63.1 Å². The highest BCUT2D eigenvalue weighted by molar-refractivity contribution is 5.97.